The lowest BCUT2D eigenvalue weighted by Crippen LogP contribution is -2.07. The van der Waals surface area contributed by atoms with E-state index in [1.54, 1.807) is 24.3 Å². The number of carboxylic acids is 1. The van der Waals surface area contributed by atoms with Crippen molar-refractivity contribution in [1.29, 1.82) is 0 Å². The molecule has 0 unspecified atom stereocenters. The van der Waals surface area contributed by atoms with Gasteiger partial charge >= 0.3 is 5.97 Å². The van der Waals surface area contributed by atoms with E-state index in [2.05, 4.69) is 5.10 Å². The molecular weight excluding hydrogens is 303 g/mol. The quantitative estimate of drug-likeness (QED) is 0.680. The third-order valence-electron chi connectivity index (χ3n) is 2.32. The van der Waals surface area contributed by atoms with Crippen LogP contribution >= 0.6 is 23.2 Å². The van der Waals surface area contributed by atoms with Crippen molar-refractivity contribution in [3.63, 3.8) is 0 Å². The Morgan fingerprint density at radius 2 is 2.05 bits per heavy atom. The van der Waals surface area contributed by atoms with Gasteiger partial charge in [-0.1, -0.05) is 18.2 Å². The molecule has 0 aliphatic rings. The fourth-order valence-corrected chi connectivity index (χ4v) is 1.62. The van der Waals surface area contributed by atoms with E-state index in [4.69, 9.17) is 27.9 Å². The van der Waals surface area contributed by atoms with Gasteiger partial charge in [-0.3, -0.25) is 0 Å². The van der Waals surface area contributed by atoms with Crippen molar-refractivity contribution in [2.45, 2.75) is 4.84 Å². The Morgan fingerprint density at radius 1 is 1.35 bits per heavy atom. The molecule has 2 rings (SSSR count). The highest BCUT2D eigenvalue weighted by Crippen LogP contribution is 2.17. The number of carboxylic acid groups (broad SMARTS) is 1. The molecule has 1 aromatic heterocycles. The van der Waals surface area contributed by atoms with E-state index in [0.29, 0.717) is 5.69 Å². The predicted molar refractivity (Wildman–Crippen MR) is 75.8 cm³/mol. The molecule has 0 fully saturated rings. The highest BCUT2D eigenvalue weighted by Gasteiger charge is 2.16. The van der Waals surface area contributed by atoms with Crippen molar-refractivity contribution in [2.24, 2.45) is 0 Å². The Morgan fingerprint density at radius 3 is 2.65 bits per heavy atom. The molecule has 0 amide bonds. The lowest BCUT2D eigenvalue weighted by Gasteiger charge is -2.02. The number of benzene rings is 1. The Kier molecular flexibility index (Phi) is 4.65. The zero-order valence-corrected chi connectivity index (χ0v) is 11.6. The van der Waals surface area contributed by atoms with E-state index in [0.717, 1.165) is 0 Å². The van der Waals surface area contributed by atoms with Gasteiger partial charge in [-0.25, -0.2) is 9.48 Å². The molecule has 20 heavy (non-hydrogen) atoms. The molecule has 2 aromatic rings. The number of rotatable bonds is 5. The molecule has 0 radical (unpaired) electrons. The van der Waals surface area contributed by atoms with Crippen LogP contribution in [0, 0.1) is 0 Å². The molecule has 7 heteroatoms. The van der Waals surface area contributed by atoms with Crippen LogP contribution in [-0.4, -0.2) is 25.7 Å². The van der Waals surface area contributed by atoms with Crippen LogP contribution in [0.4, 0.5) is 0 Å². The number of ether oxygens (including phenoxy) is 1. The molecule has 0 atom stereocenters. The fraction of sp³-hybridized carbons (Fsp3) is 0.0769. The molecule has 0 saturated carbocycles. The monoisotopic (exact) mass is 312 g/mol. The van der Waals surface area contributed by atoms with E-state index in [-0.39, 0.29) is 11.6 Å². The van der Waals surface area contributed by atoms with Gasteiger partial charge in [0.2, 0.25) is 5.88 Å². The average Bonchev–Trinajstić information content (AvgIpc) is 2.84. The summed E-state index contributed by atoms with van der Waals surface area (Å²) in [6.07, 6.45) is 2.65. The Labute approximate surface area is 125 Å². The third-order valence-corrected chi connectivity index (χ3v) is 2.61. The number of carbonyl (C=O) groups is 1. The summed E-state index contributed by atoms with van der Waals surface area (Å²) in [6, 6.07) is 10.2. The van der Waals surface area contributed by atoms with Crippen LogP contribution in [0.15, 0.2) is 48.7 Å². The van der Waals surface area contributed by atoms with E-state index >= 15 is 0 Å². The third kappa shape index (κ3) is 3.53. The van der Waals surface area contributed by atoms with Crippen LogP contribution in [0.2, 0.25) is 0 Å². The topological polar surface area (TPSA) is 64.3 Å². The van der Waals surface area contributed by atoms with Crippen molar-refractivity contribution < 1.29 is 14.6 Å². The van der Waals surface area contributed by atoms with Gasteiger partial charge in [0.15, 0.2) is 5.69 Å². The SMILES string of the molecule is O=C(O)c1cc(OC=CC(Cl)Cl)nn1-c1ccccc1. The van der Waals surface area contributed by atoms with Gasteiger partial charge in [-0.05, 0) is 18.2 Å². The van der Waals surface area contributed by atoms with E-state index in [1.165, 1.54) is 23.1 Å². The van der Waals surface area contributed by atoms with Crippen molar-refractivity contribution in [3.8, 4) is 11.6 Å². The summed E-state index contributed by atoms with van der Waals surface area (Å²) in [5, 5.41) is 13.3. The molecule has 5 nitrogen and oxygen atoms in total. The van der Waals surface area contributed by atoms with Crippen LogP contribution in [0.3, 0.4) is 0 Å². The first-order chi connectivity index (χ1) is 9.58. The lowest BCUT2D eigenvalue weighted by atomic mass is 10.3. The number of hydrogen-bond acceptors (Lipinski definition) is 3. The summed E-state index contributed by atoms with van der Waals surface area (Å²) < 4.78 is 6.45. The van der Waals surface area contributed by atoms with Crippen LogP contribution in [0.5, 0.6) is 5.88 Å². The minimum Gasteiger partial charge on any atom is -0.477 e. The number of para-hydroxylation sites is 1. The van der Waals surface area contributed by atoms with Crippen LogP contribution in [0.25, 0.3) is 5.69 Å². The molecule has 1 aromatic carbocycles. The standard InChI is InChI=1S/C13H10Cl2N2O3/c14-11(15)6-7-20-12-8-10(13(18)19)17(16-12)9-4-2-1-3-5-9/h1-8,11H,(H,18,19). The molecule has 0 spiro atoms. The lowest BCUT2D eigenvalue weighted by molar-refractivity contribution is 0.0687. The molecule has 104 valence electrons. The first-order valence-corrected chi connectivity index (χ1v) is 6.45. The minimum absolute atomic E-state index is 0.00658. The van der Waals surface area contributed by atoms with Crippen molar-refractivity contribution in [2.75, 3.05) is 0 Å². The van der Waals surface area contributed by atoms with Crippen LogP contribution < -0.4 is 4.74 Å². The number of aromatic nitrogens is 2. The number of nitrogens with zero attached hydrogens (tertiary/aromatic N) is 2. The van der Waals surface area contributed by atoms with Crippen molar-refractivity contribution in [1.82, 2.24) is 9.78 Å². The predicted octanol–water partition coefficient (Wildman–Crippen LogP) is 3.27. The summed E-state index contributed by atoms with van der Waals surface area (Å²) in [4.78, 5) is 10.5. The maximum absolute atomic E-state index is 11.2. The molecule has 0 aliphatic heterocycles. The minimum atomic E-state index is -1.10. The Bertz CT molecular complexity index is 624. The molecule has 1 N–H and O–H groups in total. The summed E-state index contributed by atoms with van der Waals surface area (Å²) >= 11 is 11.0. The van der Waals surface area contributed by atoms with Crippen molar-refractivity contribution >= 4 is 29.2 Å². The summed E-state index contributed by atoms with van der Waals surface area (Å²) in [5.74, 6) is -0.968. The summed E-state index contributed by atoms with van der Waals surface area (Å²) in [5.41, 5.74) is 0.615. The number of alkyl halides is 2. The van der Waals surface area contributed by atoms with Gasteiger partial charge in [-0.15, -0.1) is 28.3 Å². The number of aromatic carboxylic acids is 1. The van der Waals surface area contributed by atoms with Crippen molar-refractivity contribution in [3.05, 3.63) is 54.4 Å². The zero-order valence-electron chi connectivity index (χ0n) is 10.1. The van der Waals surface area contributed by atoms with Gasteiger partial charge in [0.1, 0.15) is 4.84 Å². The molecular formula is C13H10Cl2N2O3. The maximum Gasteiger partial charge on any atom is 0.354 e. The highest BCUT2D eigenvalue weighted by molar-refractivity contribution is 6.45. The normalized spacial score (nSPS) is 11.2. The summed E-state index contributed by atoms with van der Waals surface area (Å²) in [7, 11) is 0. The van der Waals surface area contributed by atoms with E-state index < -0.39 is 10.8 Å². The molecule has 0 bridgehead atoms. The second kappa shape index (κ2) is 6.45. The fourth-order valence-electron chi connectivity index (χ4n) is 1.50. The smallest absolute Gasteiger partial charge is 0.354 e. The number of allylic oxidation sites excluding steroid dienone is 1. The van der Waals surface area contributed by atoms with Gasteiger partial charge in [-0.2, -0.15) is 0 Å². The molecule has 1 heterocycles. The van der Waals surface area contributed by atoms with Crippen LogP contribution in [-0.2, 0) is 0 Å². The zero-order chi connectivity index (χ0) is 14.5. The second-order valence-electron chi connectivity index (χ2n) is 3.70. The molecule has 0 saturated heterocycles. The maximum atomic E-state index is 11.2. The van der Waals surface area contributed by atoms with E-state index in [1.807, 2.05) is 6.07 Å². The second-order valence-corrected chi connectivity index (χ2v) is 4.86. The number of halogens is 2. The van der Waals surface area contributed by atoms with Gasteiger partial charge in [0.25, 0.3) is 0 Å². The Hall–Kier alpha value is -1.98. The highest BCUT2D eigenvalue weighted by atomic mass is 35.5. The first kappa shape index (κ1) is 14.4. The Balaban J connectivity index is 2.32. The molecule has 0 aliphatic carbocycles. The first-order valence-electron chi connectivity index (χ1n) is 5.58. The number of hydrogen-bond donors (Lipinski definition) is 1. The largest absolute Gasteiger partial charge is 0.477 e. The summed E-state index contributed by atoms with van der Waals surface area (Å²) in [6.45, 7) is 0. The van der Waals surface area contributed by atoms with Gasteiger partial charge in [0, 0.05) is 6.07 Å². The van der Waals surface area contributed by atoms with Crippen LogP contribution in [0.1, 0.15) is 10.5 Å². The van der Waals surface area contributed by atoms with E-state index in [9.17, 15) is 9.90 Å². The average molecular weight is 313 g/mol. The van der Waals surface area contributed by atoms with Gasteiger partial charge in [0.05, 0.1) is 11.9 Å². The van der Waals surface area contributed by atoms with Gasteiger partial charge < -0.3 is 9.84 Å².